The Bertz CT molecular complexity index is 1650. The van der Waals surface area contributed by atoms with Gasteiger partial charge in [-0.2, -0.15) is 22.9 Å². The van der Waals surface area contributed by atoms with Crippen molar-refractivity contribution in [3.05, 3.63) is 87.2 Å². The van der Waals surface area contributed by atoms with Crippen molar-refractivity contribution in [3.8, 4) is 22.9 Å². The van der Waals surface area contributed by atoms with Gasteiger partial charge in [0.25, 0.3) is 5.56 Å². The molecule has 8 nitrogen and oxygen atoms in total. The fourth-order valence-corrected chi connectivity index (χ4v) is 4.04. The van der Waals surface area contributed by atoms with Gasteiger partial charge < -0.3 is 14.2 Å². The molecule has 0 aliphatic rings. The molecule has 4 rings (SSSR count). The number of methoxy groups -OCH3 is 1. The summed E-state index contributed by atoms with van der Waals surface area (Å²) < 4.78 is 57.5. The van der Waals surface area contributed by atoms with Crippen molar-refractivity contribution in [1.29, 1.82) is 0 Å². The van der Waals surface area contributed by atoms with E-state index in [9.17, 15) is 22.8 Å². The van der Waals surface area contributed by atoms with Crippen molar-refractivity contribution < 1.29 is 32.2 Å². The highest BCUT2D eigenvalue weighted by atomic mass is 35.5. The van der Waals surface area contributed by atoms with Crippen molar-refractivity contribution in [2.45, 2.75) is 26.1 Å². The number of hydrogen-bond acceptors (Lipinski definition) is 7. The zero-order chi connectivity index (χ0) is 29.0. The van der Waals surface area contributed by atoms with Crippen molar-refractivity contribution in [3.63, 3.8) is 0 Å². The molecule has 0 N–H and O–H groups in total. The van der Waals surface area contributed by atoms with Crippen LogP contribution in [-0.2, 0) is 15.7 Å². The molecule has 40 heavy (non-hydrogen) atoms. The maximum Gasteiger partial charge on any atom is 0.416 e. The van der Waals surface area contributed by atoms with Crippen LogP contribution in [-0.4, -0.2) is 41.7 Å². The summed E-state index contributed by atoms with van der Waals surface area (Å²) in [4.78, 5) is 30.1. The van der Waals surface area contributed by atoms with Gasteiger partial charge in [-0.15, -0.1) is 0 Å². The van der Waals surface area contributed by atoms with E-state index in [0.717, 1.165) is 16.8 Å². The molecule has 4 aromatic rings. The van der Waals surface area contributed by atoms with Gasteiger partial charge in [-0.1, -0.05) is 35.9 Å². The van der Waals surface area contributed by atoms with Crippen LogP contribution >= 0.6 is 11.6 Å². The molecule has 1 aromatic heterocycles. The summed E-state index contributed by atoms with van der Waals surface area (Å²) in [6.45, 7) is 3.29. The molecule has 12 heteroatoms. The Labute approximate surface area is 231 Å². The molecular formula is C28H23ClF3N3O5. The Morgan fingerprint density at radius 2 is 1.90 bits per heavy atom. The predicted octanol–water partition coefficient (Wildman–Crippen LogP) is 5.96. The molecule has 0 spiro atoms. The van der Waals surface area contributed by atoms with Crippen LogP contribution in [0.5, 0.6) is 11.5 Å². The van der Waals surface area contributed by atoms with Crippen molar-refractivity contribution in [2.75, 3.05) is 13.7 Å². The van der Waals surface area contributed by atoms with Crippen LogP contribution in [0.2, 0.25) is 5.02 Å². The average molecular weight is 574 g/mol. The van der Waals surface area contributed by atoms with Crippen LogP contribution in [0.15, 0.2) is 70.6 Å². The molecule has 3 aromatic carbocycles. The van der Waals surface area contributed by atoms with Crippen LogP contribution in [0, 0.1) is 0 Å². The number of ether oxygens (including phenoxy) is 3. The van der Waals surface area contributed by atoms with Gasteiger partial charge in [0.1, 0.15) is 0 Å². The topological polar surface area (TPSA) is 92.0 Å². The van der Waals surface area contributed by atoms with Gasteiger partial charge in [-0.3, -0.25) is 4.79 Å². The maximum absolute atomic E-state index is 13.5. The number of rotatable bonds is 8. The van der Waals surface area contributed by atoms with Crippen molar-refractivity contribution in [2.24, 2.45) is 5.10 Å². The molecule has 0 amide bonds. The van der Waals surface area contributed by atoms with Gasteiger partial charge >= 0.3 is 12.1 Å². The largest absolute Gasteiger partial charge is 0.493 e. The molecule has 1 atom stereocenters. The molecule has 1 heterocycles. The number of aromatic nitrogens is 2. The Balaban J connectivity index is 1.90. The van der Waals surface area contributed by atoms with E-state index in [-0.39, 0.29) is 51.0 Å². The normalized spacial score (nSPS) is 12.5. The molecule has 0 saturated heterocycles. The molecule has 0 bridgehead atoms. The number of halogens is 4. The highest BCUT2D eigenvalue weighted by Crippen LogP contribution is 2.35. The third kappa shape index (κ3) is 6.09. The Morgan fingerprint density at radius 1 is 1.15 bits per heavy atom. The van der Waals surface area contributed by atoms with Crippen LogP contribution in [0.4, 0.5) is 13.2 Å². The van der Waals surface area contributed by atoms with Gasteiger partial charge in [0.05, 0.1) is 36.4 Å². The van der Waals surface area contributed by atoms with Crippen molar-refractivity contribution >= 4 is 34.7 Å². The van der Waals surface area contributed by atoms with Gasteiger partial charge in [0.15, 0.2) is 23.4 Å². The Hall–Kier alpha value is -4.38. The van der Waals surface area contributed by atoms with Crippen LogP contribution in [0.1, 0.15) is 25.0 Å². The molecule has 208 valence electrons. The number of fused-ring (bicyclic) bond motifs is 1. The summed E-state index contributed by atoms with van der Waals surface area (Å²) in [7, 11) is 1.37. The third-order valence-corrected chi connectivity index (χ3v) is 5.91. The minimum Gasteiger partial charge on any atom is -0.493 e. The lowest BCUT2D eigenvalue weighted by Gasteiger charge is -2.18. The zero-order valence-electron chi connectivity index (χ0n) is 21.5. The monoisotopic (exact) mass is 573 g/mol. The fraction of sp³-hybridized carbons (Fsp3) is 0.214. The summed E-state index contributed by atoms with van der Waals surface area (Å²) in [5, 5.41) is 4.72. The summed E-state index contributed by atoms with van der Waals surface area (Å²) in [5.41, 5.74) is -1.01. The zero-order valence-corrected chi connectivity index (χ0v) is 22.3. The maximum atomic E-state index is 13.5. The van der Waals surface area contributed by atoms with Gasteiger partial charge in [-0.05, 0) is 44.2 Å². The first kappa shape index (κ1) is 28.6. The van der Waals surface area contributed by atoms with E-state index < -0.39 is 29.4 Å². The summed E-state index contributed by atoms with van der Waals surface area (Å²) in [6, 6.07) is 13.8. The molecular weight excluding hydrogens is 551 g/mol. The second-order valence-corrected chi connectivity index (χ2v) is 8.87. The summed E-state index contributed by atoms with van der Waals surface area (Å²) >= 11 is 6.25. The van der Waals surface area contributed by atoms with E-state index in [4.69, 9.17) is 25.8 Å². The number of alkyl halides is 3. The second-order valence-electron chi connectivity index (χ2n) is 8.43. The average Bonchev–Trinajstić information content (AvgIpc) is 2.93. The first-order valence-corrected chi connectivity index (χ1v) is 12.4. The lowest BCUT2D eigenvalue weighted by Crippen LogP contribution is -2.26. The number of nitrogens with zero attached hydrogens (tertiary/aromatic N) is 3. The Kier molecular flexibility index (Phi) is 8.43. The standard InChI is InChI=1S/C28H23ClF3N3O5/c1-4-39-27(37)16(2)40-24-18(13-20(29)14-23(24)38-3)15-33-35-25(17-8-7-9-19(12-17)28(30,31)32)34-22-11-6-5-10-21(22)26(35)36/h5-16H,4H2,1-3H3/t16-/m0/s1. The highest BCUT2D eigenvalue weighted by molar-refractivity contribution is 6.31. The number of esters is 1. The van der Waals surface area contributed by atoms with E-state index in [1.54, 1.807) is 25.1 Å². The molecule has 0 radical (unpaired) electrons. The molecule has 0 fully saturated rings. The lowest BCUT2D eigenvalue weighted by atomic mass is 10.1. The van der Waals surface area contributed by atoms with E-state index in [0.29, 0.717) is 0 Å². The van der Waals surface area contributed by atoms with E-state index in [1.165, 1.54) is 50.6 Å². The minimum atomic E-state index is -4.61. The third-order valence-electron chi connectivity index (χ3n) is 5.70. The van der Waals surface area contributed by atoms with Crippen LogP contribution in [0.3, 0.4) is 0 Å². The first-order chi connectivity index (χ1) is 19.0. The smallest absolute Gasteiger partial charge is 0.416 e. The summed E-state index contributed by atoms with van der Waals surface area (Å²) in [5.74, 6) is -0.489. The van der Waals surface area contributed by atoms with E-state index >= 15 is 0 Å². The van der Waals surface area contributed by atoms with Gasteiger partial charge in [0.2, 0.25) is 0 Å². The van der Waals surface area contributed by atoms with Crippen LogP contribution < -0.4 is 15.0 Å². The molecule has 0 aliphatic carbocycles. The molecule has 0 unspecified atom stereocenters. The minimum absolute atomic E-state index is 0.0194. The quantitative estimate of drug-likeness (QED) is 0.191. The van der Waals surface area contributed by atoms with E-state index in [2.05, 4.69) is 10.1 Å². The number of benzene rings is 3. The molecule has 0 aliphatic heterocycles. The fourth-order valence-electron chi connectivity index (χ4n) is 3.82. The van der Waals surface area contributed by atoms with Crippen molar-refractivity contribution in [1.82, 2.24) is 9.66 Å². The summed E-state index contributed by atoms with van der Waals surface area (Å²) in [6.07, 6.45) is -4.43. The number of carbonyl (C=O) groups excluding carboxylic acids is 1. The number of carbonyl (C=O) groups is 1. The van der Waals surface area contributed by atoms with Crippen LogP contribution in [0.25, 0.3) is 22.3 Å². The number of para-hydroxylation sites is 1. The number of hydrogen-bond donors (Lipinski definition) is 0. The van der Waals surface area contributed by atoms with E-state index in [1.807, 2.05) is 0 Å². The predicted molar refractivity (Wildman–Crippen MR) is 144 cm³/mol. The second kappa shape index (κ2) is 11.8. The highest BCUT2D eigenvalue weighted by Gasteiger charge is 2.31. The van der Waals surface area contributed by atoms with Gasteiger partial charge in [0, 0.05) is 22.2 Å². The first-order valence-electron chi connectivity index (χ1n) is 12.0. The molecule has 0 saturated carbocycles. The Morgan fingerprint density at radius 3 is 2.60 bits per heavy atom. The van der Waals surface area contributed by atoms with Gasteiger partial charge in [-0.25, -0.2) is 9.78 Å². The lowest BCUT2D eigenvalue weighted by molar-refractivity contribution is -0.150. The SMILES string of the molecule is CCOC(=O)[C@H](C)Oc1c(C=Nn2c(-c3cccc(C(F)(F)F)c3)nc3ccccc3c2=O)cc(Cl)cc1OC.